The van der Waals surface area contributed by atoms with E-state index in [4.69, 9.17) is 9.47 Å². The summed E-state index contributed by atoms with van der Waals surface area (Å²) in [6.45, 7) is 5.76. The summed E-state index contributed by atoms with van der Waals surface area (Å²) in [5, 5.41) is 0. The zero-order chi connectivity index (χ0) is 18.0. The molecule has 0 unspecified atom stereocenters. The lowest BCUT2D eigenvalue weighted by Crippen LogP contribution is -2.41. The minimum Gasteiger partial charge on any atom is -0.497 e. The molecule has 3 rings (SSSR count). The molecular weight excluding hydrogens is 312 g/mol. The molecule has 0 spiro atoms. The second-order valence-corrected chi connectivity index (χ2v) is 7.69. The monoisotopic (exact) mass is 338 g/mol. The maximum absolute atomic E-state index is 12.7. The highest BCUT2D eigenvalue weighted by molar-refractivity contribution is 5.76. The van der Waals surface area contributed by atoms with Crippen LogP contribution in [-0.2, 0) is 9.53 Å². The predicted octanol–water partition coefficient (Wildman–Crippen LogP) is 4.92. The first-order chi connectivity index (χ1) is 11.9. The lowest BCUT2D eigenvalue weighted by atomic mass is 9.59. The molecule has 0 aliphatic heterocycles. The van der Waals surface area contributed by atoms with Crippen LogP contribution in [0.25, 0.3) is 0 Å². The fraction of sp³-hybridized carbons (Fsp3) is 0.409. The number of hydrogen-bond donors (Lipinski definition) is 0. The minimum atomic E-state index is -0.455. The smallest absolute Gasteiger partial charge is 0.310 e. The van der Waals surface area contributed by atoms with Crippen molar-refractivity contribution in [2.45, 2.75) is 44.6 Å². The van der Waals surface area contributed by atoms with Gasteiger partial charge in [0.15, 0.2) is 0 Å². The number of carbonyl (C=O) groups is 1. The molecule has 3 atom stereocenters. The van der Waals surface area contributed by atoms with E-state index in [0.29, 0.717) is 5.92 Å². The number of hydrogen-bond acceptors (Lipinski definition) is 3. The first-order valence-electron chi connectivity index (χ1n) is 8.81. The Morgan fingerprint density at radius 1 is 0.960 bits per heavy atom. The number of rotatable bonds is 4. The van der Waals surface area contributed by atoms with Crippen molar-refractivity contribution < 1.29 is 14.3 Å². The van der Waals surface area contributed by atoms with Crippen LogP contribution in [0.5, 0.6) is 5.75 Å². The van der Waals surface area contributed by atoms with Crippen molar-refractivity contribution in [1.82, 2.24) is 0 Å². The van der Waals surface area contributed by atoms with E-state index in [2.05, 4.69) is 24.3 Å². The molecule has 3 nitrogen and oxygen atoms in total. The van der Waals surface area contributed by atoms with Gasteiger partial charge in [0, 0.05) is 5.92 Å². The van der Waals surface area contributed by atoms with Gasteiger partial charge in [-0.2, -0.15) is 0 Å². The summed E-state index contributed by atoms with van der Waals surface area (Å²) in [6, 6.07) is 18.5. The molecule has 0 bridgehead atoms. The molecule has 25 heavy (non-hydrogen) atoms. The van der Waals surface area contributed by atoms with Crippen LogP contribution in [0.4, 0.5) is 0 Å². The van der Waals surface area contributed by atoms with Crippen molar-refractivity contribution in [3.05, 3.63) is 65.7 Å². The molecule has 1 aliphatic carbocycles. The molecule has 2 aromatic carbocycles. The van der Waals surface area contributed by atoms with Gasteiger partial charge in [-0.3, -0.25) is 4.79 Å². The Balaban J connectivity index is 1.86. The summed E-state index contributed by atoms with van der Waals surface area (Å²) in [5.74, 6) is 1.15. The molecule has 1 saturated carbocycles. The fourth-order valence-electron chi connectivity index (χ4n) is 3.61. The largest absolute Gasteiger partial charge is 0.497 e. The second kappa shape index (κ2) is 6.91. The van der Waals surface area contributed by atoms with E-state index in [1.165, 1.54) is 11.1 Å². The Hall–Kier alpha value is -2.29. The summed E-state index contributed by atoms with van der Waals surface area (Å²) in [7, 11) is 1.67. The van der Waals surface area contributed by atoms with Crippen LogP contribution in [0.3, 0.4) is 0 Å². The fourth-order valence-corrected chi connectivity index (χ4v) is 3.61. The van der Waals surface area contributed by atoms with E-state index in [0.717, 1.165) is 12.2 Å². The second-order valence-electron chi connectivity index (χ2n) is 7.69. The van der Waals surface area contributed by atoms with E-state index >= 15 is 0 Å². The van der Waals surface area contributed by atoms with Gasteiger partial charge in [-0.25, -0.2) is 0 Å². The summed E-state index contributed by atoms with van der Waals surface area (Å²) in [5.41, 5.74) is 1.99. The molecule has 3 heteroatoms. The number of esters is 1. The Kier molecular flexibility index (Phi) is 4.85. The van der Waals surface area contributed by atoms with Crippen molar-refractivity contribution >= 4 is 5.97 Å². The Morgan fingerprint density at radius 2 is 1.60 bits per heavy atom. The van der Waals surface area contributed by atoms with Crippen molar-refractivity contribution in [2.24, 2.45) is 5.92 Å². The molecular formula is C22H26O3. The average Bonchev–Trinajstić information content (AvgIpc) is 2.54. The molecule has 0 aromatic heterocycles. The third-order valence-electron chi connectivity index (χ3n) is 4.81. The van der Waals surface area contributed by atoms with Crippen molar-refractivity contribution in [3.63, 3.8) is 0 Å². The van der Waals surface area contributed by atoms with Crippen LogP contribution < -0.4 is 4.74 Å². The Morgan fingerprint density at radius 3 is 2.16 bits per heavy atom. The van der Waals surface area contributed by atoms with Crippen LogP contribution >= 0.6 is 0 Å². The molecule has 0 N–H and O–H groups in total. The Labute approximate surface area is 150 Å². The van der Waals surface area contributed by atoms with Gasteiger partial charge < -0.3 is 9.47 Å². The van der Waals surface area contributed by atoms with E-state index < -0.39 is 5.60 Å². The van der Waals surface area contributed by atoms with Gasteiger partial charge in [0.25, 0.3) is 0 Å². The van der Waals surface area contributed by atoms with Crippen LogP contribution in [-0.4, -0.2) is 18.7 Å². The minimum absolute atomic E-state index is 0.0891. The standard InChI is InChI=1S/C22H26O3/c1-22(2,3)25-21(23)19-14-18(15-10-12-17(24-4)13-11-15)20(19)16-8-6-5-7-9-16/h5-13,18-20H,14H2,1-4H3/t18-,19-,20-/m1/s1. The molecule has 0 saturated heterocycles. The highest BCUT2D eigenvalue weighted by Gasteiger charge is 2.48. The molecule has 132 valence electrons. The van der Waals surface area contributed by atoms with Gasteiger partial charge in [-0.1, -0.05) is 42.5 Å². The highest BCUT2D eigenvalue weighted by Crippen LogP contribution is 2.54. The normalized spacial score (nSPS) is 22.8. The maximum atomic E-state index is 12.7. The van der Waals surface area contributed by atoms with Crippen LogP contribution in [0.15, 0.2) is 54.6 Å². The number of carbonyl (C=O) groups excluding carboxylic acids is 1. The molecule has 1 fully saturated rings. The first kappa shape index (κ1) is 17.5. The highest BCUT2D eigenvalue weighted by atomic mass is 16.6. The van der Waals surface area contributed by atoms with E-state index in [-0.39, 0.29) is 17.8 Å². The summed E-state index contributed by atoms with van der Waals surface area (Å²) < 4.78 is 10.9. The van der Waals surface area contributed by atoms with Gasteiger partial charge in [0.05, 0.1) is 13.0 Å². The molecule has 0 amide bonds. The lowest BCUT2D eigenvalue weighted by Gasteiger charge is -2.44. The number of benzene rings is 2. The summed E-state index contributed by atoms with van der Waals surface area (Å²) >= 11 is 0. The SMILES string of the molecule is COc1ccc([C@H]2C[C@@H](C(=O)OC(C)(C)C)[C@@H]2c2ccccc2)cc1. The van der Waals surface area contributed by atoms with Gasteiger partial charge in [0.2, 0.25) is 0 Å². The Bertz CT molecular complexity index is 713. The van der Waals surface area contributed by atoms with Gasteiger partial charge in [-0.15, -0.1) is 0 Å². The van der Waals surface area contributed by atoms with Crippen molar-refractivity contribution in [1.29, 1.82) is 0 Å². The van der Waals surface area contributed by atoms with Crippen molar-refractivity contribution in [3.8, 4) is 5.75 Å². The van der Waals surface area contributed by atoms with E-state index in [1.807, 2.05) is 51.1 Å². The predicted molar refractivity (Wildman–Crippen MR) is 98.9 cm³/mol. The molecule has 1 aliphatic rings. The van der Waals surface area contributed by atoms with E-state index in [1.54, 1.807) is 7.11 Å². The van der Waals surface area contributed by atoms with Crippen LogP contribution in [0, 0.1) is 5.92 Å². The third kappa shape index (κ3) is 3.87. The zero-order valence-electron chi connectivity index (χ0n) is 15.4. The quantitative estimate of drug-likeness (QED) is 0.742. The zero-order valence-corrected chi connectivity index (χ0v) is 15.4. The van der Waals surface area contributed by atoms with E-state index in [9.17, 15) is 4.79 Å². The third-order valence-corrected chi connectivity index (χ3v) is 4.81. The lowest BCUT2D eigenvalue weighted by molar-refractivity contribution is -0.165. The average molecular weight is 338 g/mol. The van der Waals surface area contributed by atoms with Gasteiger partial charge in [0.1, 0.15) is 11.4 Å². The topological polar surface area (TPSA) is 35.5 Å². The molecule has 0 radical (unpaired) electrons. The number of methoxy groups -OCH3 is 1. The summed E-state index contributed by atoms with van der Waals surface area (Å²) in [6.07, 6.45) is 0.820. The summed E-state index contributed by atoms with van der Waals surface area (Å²) in [4.78, 5) is 12.7. The van der Waals surface area contributed by atoms with Crippen LogP contribution in [0.1, 0.15) is 50.2 Å². The van der Waals surface area contributed by atoms with Gasteiger partial charge in [-0.05, 0) is 56.4 Å². The first-order valence-corrected chi connectivity index (χ1v) is 8.81. The van der Waals surface area contributed by atoms with Crippen molar-refractivity contribution in [2.75, 3.05) is 7.11 Å². The number of ether oxygens (including phenoxy) is 2. The van der Waals surface area contributed by atoms with Gasteiger partial charge >= 0.3 is 5.97 Å². The molecule has 0 heterocycles. The van der Waals surface area contributed by atoms with Crippen LogP contribution in [0.2, 0.25) is 0 Å². The molecule has 2 aromatic rings. The maximum Gasteiger partial charge on any atom is 0.310 e.